The quantitative estimate of drug-likeness (QED) is 0.676. The van der Waals surface area contributed by atoms with E-state index in [-0.39, 0.29) is 23.7 Å². The summed E-state index contributed by atoms with van der Waals surface area (Å²) in [6.07, 6.45) is 1.75. The molecule has 1 N–H and O–H groups in total. The second-order valence-electron chi connectivity index (χ2n) is 7.31. The van der Waals surface area contributed by atoms with Crippen LogP contribution < -0.4 is 10.1 Å². The fourth-order valence-corrected chi connectivity index (χ4v) is 2.88. The molecule has 0 atom stereocenters. The Morgan fingerprint density at radius 3 is 2.66 bits per heavy atom. The standard InChI is InChI=1S/C20H21N5O4/c1-12-4-5-14(8-21-12)18-15(13(2)29-25-18)9-28-17-7-6-16(23-24-17)19(26)22-20(3)10-27-11-20/h4-8H,9-11H2,1-3H3,(H,22,26). The van der Waals surface area contributed by atoms with Gasteiger partial charge in [0.15, 0.2) is 5.69 Å². The summed E-state index contributed by atoms with van der Waals surface area (Å²) in [4.78, 5) is 16.5. The van der Waals surface area contributed by atoms with Crippen LogP contribution in [0, 0.1) is 13.8 Å². The molecule has 0 unspecified atom stereocenters. The molecule has 3 aromatic rings. The zero-order chi connectivity index (χ0) is 20.4. The highest BCUT2D eigenvalue weighted by Crippen LogP contribution is 2.26. The summed E-state index contributed by atoms with van der Waals surface area (Å²) in [5.41, 5.74) is 3.12. The van der Waals surface area contributed by atoms with Crippen molar-refractivity contribution in [3.8, 4) is 17.1 Å². The number of rotatable bonds is 6. The third kappa shape index (κ3) is 4.09. The lowest BCUT2D eigenvalue weighted by Gasteiger charge is -2.38. The van der Waals surface area contributed by atoms with E-state index in [0.717, 1.165) is 16.8 Å². The minimum Gasteiger partial charge on any atom is -0.472 e. The number of aryl methyl sites for hydroxylation is 2. The number of nitrogens with one attached hydrogen (secondary N) is 1. The number of aromatic nitrogens is 4. The second-order valence-corrected chi connectivity index (χ2v) is 7.31. The van der Waals surface area contributed by atoms with Crippen LogP contribution in [-0.2, 0) is 11.3 Å². The number of hydrogen-bond acceptors (Lipinski definition) is 8. The first kappa shape index (κ1) is 19.0. The third-order valence-electron chi connectivity index (χ3n) is 4.66. The molecule has 1 aliphatic rings. The van der Waals surface area contributed by atoms with E-state index in [1.54, 1.807) is 18.3 Å². The van der Waals surface area contributed by atoms with Crippen LogP contribution in [0.4, 0.5) is 0 Å². The molecule has 9 nitrogen and oxygen atoms in total. The maximum atomic E-state index is 12.2. The van der Waals surface area contributed by atoms with Gasteiger partial charge in [0.05, 0.1) is 24.3 Å². The predicted molar refractivity (Wildman–Crippen MR) is 102 cm³/mol. The lowest BCUT2D eigenvalue weighted by Crippen LogP contribution is -2.60. The molecule has 4 heterocycles. The van der Waals surface area contributed by atoms with Crippen molar-refractivity contribution in [3.05, 3.63) is 53.2 Å². The average molecular weight is 395 g/mol. The van der Waals surface area contributed by atoms with Crippen LogP contribution in [0.1, 0.15) is 34.4 Å². The van der Waals surface area contributed by atoms with E-state index in [1.807, 2.05) is 32.9 Å². The van der Waals surface area contributed by atoms with Crippen LogP contribution in [0.5, 0.6) is 5.88 Å². The van der Waals surface area contributed by atoms with E-state index in [9.17, 15) is 4.79 Å². The Bertz CT molecular complexity index is 1010. The van der Waals surface area contributed by atoms with Crippen molar-refractivity contribution in [1.82, 2.24) is 25.7 Å². The Kier molecular flexibility index (Phi) is 4.98. The highest BCUT2D eigenvalue weighted by atomic mass is 16.5. The van der Waals surface area contributed by atoms with E-state index in [0.29, 0.717) is 30.5 Å². The molecular formula is C20H21N5O4. The first-order chi connectivity index (χ1) is 13.9. The van der Waals surface area contributed by atoms with Crippen molar-refractivity contribution in [2.45, 2.75) is 32.9 Å². The Labute approximate surface area is 167 Å². The lowest BCUT2D eigenvalue weighted by atomic mass is 10.0. The minimum absolute atomic E-state index is 0.203. The van der Waals surface area contributed by atoms with Crippen molar-refractivity contribution in [2.75, 3.05) is 13.2 Å². The van der Waals surface area contributed by atoms with Crippen molar-refractivity contribution < 1.29 is 18.8 Å². The molecule has 3 aromatic heterocycles. The highest BCUT2D eigenvalue weighted by molar-refractivity contribution is 5.92. The predicted octanol–water partition coefficient (Wildman–Crippen LogP) is 2.24. The average Bonchev–Trinajstić information content (AvgIpc) is 3.06. The van der Waals surface area contributed by atoms with Gasteiger partial charge in [-0.2, -0.15) is 0 Å². The summed E-state index contributed by atoms with van der Waals surface area (Å²) in [6.45, 7) is 6.84. The van der Waals surface area contributed by atoms with Gasteiger partial charge in [0.1, 0.15) is 18.1 Å². The van der Waals surface area contributed by atoms with Crippen LogP contribution in [0.25, 0.3) is 11.3 Å². The molecular weight excluding hydrogens is 374 g/mol. The molecule has 0 bridgehead atoms. The summed E-state index contributed by atoms with van der Waals surface area (Å²) < 4.78 is 16.2. The van der Waals surface area contributed by atoms with Crippen LogP contribution in [-0.4, -0.2) is 45.0 Å². The normalized spacial score (nSPS) is 14.9. The highest BCUT2D eigenvalue weighted by Gasteiger charge is 2.35. The van der Waals surface area contributed by atoms with Crippen molar-refractivity contribution in [2.24, 2.45) is 0 Å². The van der Waals surface area contributed by atoms with E-state index >= 15 is 0 Å². The number of carbonyl (C=O) groups is 1. The van der Waals surface area contributed by atoms with Crippen LogP contribution in [0.3, 0.4) is 0 Å². The molecule has 150 valence electrons. The summed E-state index contributed by atoms with van der Waals surface area (Å²) in [5, 5.41) is 15.0. The maximum Gasteiger partial charge on any atom is 0.272 e. The zero-order valence-electron chi connectivity index (χ0n) is 16.4. The molecule has 1 aliphatic heterocycles. The molecule has 29 heavy (non-hydrogen) atoms. The van der Waals surface area contributed by atoms with Crippen molar-refractivity contribution in [3.63, 3.8) is 0 Å². The molecule has 0 aliphatic carbocycles. The number of carbonyl (C=O) groups excluding carboxylic acids is 1. The first-order valence-electron chi connectivity index (χ1n) is 9.18. The van der Waals surface area contributed by atoms with Crippen LogP contribution in [0.2, 0.25) is 0 Å². The molecule has 1 fully saturated rings. The fourth-order valence-electron chi connectivity index (χ4n) is 2.88. The smallest absolute Gasteiger partial charge is 0.272 e. The number of amides is 1. The minimum atomic E-state index is -0.346. The number of nitrogens with zero attached hydrogens (tertiary/aromatic N) is 4. The zero-order valence-corrected chi connectivity index (χ0v) is 16.4. The Balaban J connectivity index is 1.42. The molecule has 1 saturated heterocycles. The van der Waals surface area contributed by atoms with Crippen molar-refractivity contribution >= 4 is 5.91 Å². The SMILES string of the molecule is Cc1ccc(-c2noc(C)c2COc2ccc(C(=O)NC3(C)COC3)nn2)cn1. The van der Waals surface area contributed by atoms with Gasteiger partial charge in [-0.15, -0.1) is 10.2 Å². The van der Waals surface area contributed by atoms with E-state index < -0.39 is 0 Å². The Morgan fingerprint density at radius 2 is 2.03 bits per heavy atom. The van der Waals surface area contributed by atoms with Crippen molar-refractivity contribution in [1.29, 1.82) is 0 Å². The van der Waals surface area contributed by atoms with Gasteiger partial charge in [-0.1, -0.05) is 5.16 Å². The molecule has 0 radical (unpaired) electrons. The van der Waals surface area contributed by atoms with Gasteiger partial charge in [0.25, 0.3) is 5.91 Å². The van der Waals surface area contributed by atoms with E-state index in [4.69, 9.17) is 14.0 Å². The Hall–Kier alpha value is -3.33. The molecule has 0 saturated carbocycles. The molecule has 4 rings (SSSR count). The van der Waals surface area contributed by atoms with Gasteiger partial charge in [0.2, 0.25) is 5.88 Å². The number of ether oxygens (including phenoxy) is 2. The summed E-state index contributed by atoms with van der Waals surface area (Å²) >= 11 is 0. The summed E-state index contributed by atoms with van der Waals surface area (Å²) in [6, 6.07) is 7.03. The van der Waals surface area contributed by atoms with Gasteiger partial charge in [-0.05, 0) is 39.0 Å². The summed E-state index contributed by atoms with van der Waals surface area (Å²) in [5.74, 6) is 0.660. The number of pyridine rings is 1. The van der Waals surface area contributed by atoms with Gasteiger partial charge in [0, 0.05) is 23.5 Å². The molecule has 9 heteroatoms. The lowest BCUT2D eigenvalue weighted by molar-refractivity contribution is -0.0594. The van der Waals surface area contributed by atoms with Crippen LogP contribution >= 0.6 is 0 Å². The van der Waals surface area contributed by atoms with Gasteiger partial charge in [-0.3, -0.25) is 9.78 Å². The van der Waals surface area contributed by atoms with Gasteiger partial charge >= 0.3 is 0 Å². The van der Waals surface area contributed by atoms with E-state index in [1.165, 1.54) is 0 Å². The summed E-state index contributed by atoms with van der Waals surface area (Å²) in [7, 11) is 0. The maximum absolute atomic E-state index is 12.2. The van der Waals surface area contributed by atoms with Crippen LogP contribution in [0.15, 0.2) is 35.0 Å². The monoisotopic (exact) mass is 395 g/mol. The second kappa shape index (κ2) is 7.59. The largest absolute Gasteiger partial charge is 0.472 e. The molecule has 0 aromatic carbocycles. The third-order valence-corrected chi connectivity index (χ3v) is 4.66. The van der Waals surface area contributed by atoms with E-state index in [2.05, 4.69) is 25.7 Å². The van der Waals surface area contributed by atoms with Gasteiger partial charge < -0.3 is 19.3 Å². The Morgan fingerprint density at radius 1 is 1.21 bits per heavy atom. The molecule has 0 spiro atoms. The number of hydrogen-bond donors (Lipinski definition) is 1. The topological polar surface area (TPSA) is 112 Å². The van der Waals surface area contributed by atoms with Gasteiger partial charge in [-0.25, -0.2) is 0 Å². The fraction of sp³-hybridized carbons (Fsp3) is 0.350. The molecule has 1 amide bonds. The first-order valence-corrected chi connectivity index (χ1v) is 9.18.